The Kier molecular flexibility index (Phi) is 3.04. The number of ketones is 1. The van der Waals surface area contributed by atoms with Crippen molar-refractivity contribution in [3.05, 3.63) is 41.0 Å². The van der Waals surface area contributed by atoms with E-state index >= 15 is 0 Å². The molecule has 1 aromatic rings. The number of carbonyl (C=O) groups excluding carboxylic acids is 2. The summed E-state index contributed by atoms with van der Waals surface area (Å²) in [4.78, 5) is 25.6. The number of benzene rings is 1. The minimum atomic E-state index is -0.231. The largest absolute Gasteiger partial charge is 0.426 e. The molecule has 0 N–H and O–H groups in total. The van der Waals surface area contributed by atoms with Crippen LogP contribution in [0, 0.1) is 11.3 Å². The Morgan fingerprint density at radius 2 is 1.79 bits per heavy atom. The van der Waals surface area contributed by atoms with E-state index in [4.69, 9.17) is 4.74 Å². The van der Waals surface area contributed by atoms with E-state index in [2.05, 4.69) is 6.07 Å². The number of allylic oxidation sites excluding steroid dienone is 1. The molecular formula is C21H22O3. The van der Waals surface area contributed by atoms with Gasteiger partial charge in [0, 0.05) is 17.9 Å². The number of fused-ring (bicyclic) bond motifs is 5. The fourth-order valence-corrected chi connectivity index (χ4v) is 5.85. The lowest BCUT2D eigenvalue weighted by molar-refractivity contribution is -0.140. The molecule has 1 saturated carbocycles. The highest BCUT2D eigenvalue weighted by atomic mass is 16.5. The van der Waals surface area contributed by atoms with E-state index in [-0.39, 0.29) is 23.2 Å². The molecule has 0 radical (unpaired) electrons. The van der Waals surface area contributed by atoms with Crippen molar-refractivity contribution in [3.8, 4) is 5.75 Å². The van der Waals surface area contributed by atoms with Crippen molar-refractivity contribution < 1.29 is 14.3 Å². The lowest BCUT2D eigenvalue weighted by Gasteiger charge is -2.48. The monoisotopic (exact) mass is 322 g/mol. The second-order valence-corrected chi connectivity index (χ2v) is 7.91. The normalized spacial score (nSPS) is 30.7. The fraction of sp³-hybridized carbons (Fsp3) is 0.524. The summed E-state index contributed by atoms with van der Waals surface area (Å²) < 4.78 is 5.65. The minimum Gasteiger partial charge on any atom is -0.426 e. The molecule has 3 nitrogen and oxygen atoms in total. The number of ether oxygens (including phenoxy) is 1. The summed E-state index contributed by atoms with van der Waals surface area (Å²) >= 11 is 0. The van der Waals surface area contributed by atoms with Gasteiger partial charge in [0.25, 0.3) is 0 Å². The molecule has 1 aliphatic heterocycles. The summed E-state index contributed by atoms with van der Waals surface area (Å²) in [7, 11) is 0. The highest BCUT2D eigenvalue weighted by Crippen LogP contribution is 2.61. The van der Waals surface area contributed by atoms with E-state index in [1.54, 1.807) is 0 Å². The summed E-state index contributed by atoms with van der Waals surface area (Å²) in [6.45, 7) is 0. The van der Waals surface area contributed by atoms with Gasteiger partial charge in [-0.2, -0.15) is 0 Å². The number of rotatable bonds is 0. The lowest BCUT2D eigenvalue weighted by atomic mass is 9.56. The number of hydrogen-bond acceptors (Lipinski definition) is 3. The van der Waals surface area contributed by atoms with Gasteiger partial charge in [-0.1, -0.05) is 31.0 Å². The standard InChI is InChI=1S/C21H22O3/c22-16-8-5-7-14-18-15(12-21(19(14)16)10-3-4-11-21)13-6-1-2-9-17(13)24-20(18)23/h1-2,6,9,15,18H,3-5,7-8,10-12H2. The van der Waals surface area contributed by atoms with Crippen molar-refractivity contribution in [3.63, 3.8) is 0 Å². The van der Waals surface area contributed by atoms with Crippen LogP contribution in [0.2, 0.25) is 0 Å². The van der Waals surface area contributed by atoms with Crippen molar-refractivity contribution in [2.24, 2.45) is 11.3 Å². The van der Waals surface area contributed by atoms with Crippen molar-refractivity contribution in [2.45, 2.75) is 57.3 Å². The first kappa shape index (κ1) is 14.4. The van der Waals surface area contributed by atoms with Crippen molar-refractivity contribution in [1.82, 2.24) is 0 Å². The number of Topliss-reactive ketones (excluding diaryl/α,β-unsaturated/α-hetero) is 1. The first-order valence-corrected chi connectivity index (χ1v) is 9.27. The smallest absolute Gasteiger partial charge is 0.319 e. The number of esters is 1. The highest BCUT2D eigenvalue weighted by molar-refractivity contribution is 6.00. The molecule has 0 bridgehead atoms. The molecule has 0 amide bonds. The van der Waals surface area contributed by atoms with E-state index in [1.165, 1.54) is 12.8 Å². The summed E-state index contributed by atoms with van der Waals surface area (Å²) in [6, 6.07) is 7.97. The van der Waals surface area contributed by atoms with Crippen LogP contribution < -0.4 is 4.74 Å². The Morgan fingerprint density at radius 1 is 1.00 bits per heavy atom. The van der Waals surface area contributed by atoms with E-state index in [0.29, 0.717) is 12.2 Å². The zero-order valence-corrected chi connectivity index (χ0v) is 13.8. The SMILES string of the molecule is O=C1CCCC2=C1C1(CCCC1)CC1c3ccccc3OC(=O)C21. The van der Waals surface area contributed by atoms with Crippen molar-refractivity contribution in [1.29, 1.82) is 0 Å². The Morgan fingerprint density at radius 3 is 2.62 bits per heavy atom. The summed E-state index contributed by atoms with van der Waals surface area (Å²) in [5.41, 5.74) is 3.37. The summed E-state index contributed by atoms with van der Waals surface area (Å²) in [5, 5.41) is 0. The molecule has 3 aliphatic carbocycles. The molecular weight excluding hydrogens is 300 g/mol. The molecule has 1 fully saturated rings. The van der Waals surface area contributed by atoms with Gasteiger partial charge in [-0.05, 0) is 54.7 Å². The highest BCUT2D eigenvalue weighted by Gasteiger charge is 2.54. The first-order valence-electron chi connectivity index (χ1n) is 9.27. The van der Waals surface area contributed by atoms with Crippen LogP contribution in [0.25, 0.3) is 0 Å². The van der Waals surface area contributed by atoms with Gasteiger partial charge < -0.3 is 4.74 Å². The molecule has 5 rings (SSSR count). The third-order valence-electron chi connectivity index (χ3n) is 6.71. The molecule has 1 aromatic carbocycles. The first-order chi connectivity index (χ1) is 11.7. The quantitative estimate of drug-likeness (QED) is 0.528. The van der Waals surface area contributed by atoms with Crippen LogP contribution in [0.3, 0.4) is 0 Å². The Hall–Kier alpha value is -1.90. The van der Waals surface area contributed by atoms with Gasteiger partial charge in [0.15, 0.2) is 5.78 Å². The molecule has 2 unspecified atom stereocenters. The molecule has 1 spiro atoms. The minimum absolute atomic E-state index is 0.0265. The molecule has 4 aliphatic rings. The van der Waals surface area contributed by atoms with Gasteiger partial charge in [-0.25, -0.2) is 0 Å². The topological polar surface area (TPSA) is 43.4 Å². The molecule has 3 heteroatoms. The van der Waals surface area contributed by atoms with Gasteiger partial charge in [0.05, 0.1) is 5.92 Å². The van der Waals surface area contributed by atoms with Crippen LogP contribution in [0.1, 0.15) is 62.8 Å². The predicted octanol–water partition coefficient (Wildman–Crippen LogP) is 4.32. The average Bonchev–Trinajstić information content (AvgIpc) is 3.03. The van der Waals surface area contributed by atoms with Gasteiger partial charge >= 0.3 is 5.97 Å². The zero-order chi connectivity index (χ0) is 16.3. The second-order valence-electron chi connectivity index (χ2n) is 7.91. The maximum absolute atomic E-state index is 12.8. The number of carbonyl (C=O) groups is 2. The van der Waals surface area contributed by atoms with Crippen LogP contribution >= 0.6 is 0 Å². The Labute approximate surface area is 142 Å². The predicted molar refractivity (Wildman–Crippen MR) is 89.7 cm³/mol. The van der Waals surface area contributed by atoms with E-state index in [1.807, 2.05) is 18.2 Å². The second kappa shape index (κ2) is 5.05. The molecule has 0 saturated heterocycles. The maximum Gasteiger partial charge on any atom is 0.319 e. The molecule has 1 heterocycles. The van der Waals surface area contributed by atoms with Gasteiger partial charge in [-0.15, -0.1) is 0 Å². The maximum atomic E-state index is 12.8. The lowest BCUT2D eigenvalue weighted by Crippen LogP contribution is -2.44. The van der Waals surface area contributed by atoms with Crippen molar-refractivity contribution in [2.75, 3.05) is 0 Å². The fourth-order valence-electron chi connectivity index (χ4n) is 5.85. The summed E-state index contributed by atoms with van der Waals surface area (Å²) in [6.07, 6.45) is 7.99. The van der Waals surface area contributed by atoms with Crippen LogP contribution in [0.15, 0.2) is 35.4 Å². The third kappa shape index (κ3) is 1.84. The Bertz CT molecular complexity index is 767. The van der Waals surface area contributed by atoms with Crippen LogP contribution in [0.4, 0.5) is 0 Å². The van der Waals surface area contributed by atoms with Gasteiger partial charge in [0.1, 0.15) is 5.75 Å². The molecule has 2 atom stereocenters. The molecule has 0 aromatic heterocycles. The summed E-state index contributed by atoms with van der Waals surface area (Å²) in [5.74, 6) is 0.843. The van der Waals surface area contributed by atoms with Crippen molar-refractivity contribution >= 4 is 11.8 Å². The Balaban J connectivity index is 1.73. The third-order valence-corrected chi connectivity index (χ3v) is 6.71. The van der Waals surface area contributed by atoms with Crippen LogP contribution in [0.5, 0.6) is 5.75 Å². The van der Waals surface area contributed by atoms with Gasteiger partial charge in [0.2, 0.25) is 0 Å². The average molecular weight is 322 g/mol. The van der Waals surface area contributed by atoms with Crippen LogP contribution in [-0.2, 0) is 9.59 Å². The molecule has 124 valence electrons. The van der Waals surface area contributed by atoms with E-state index in [9.17, 15) is 9.59 Å². The zero-order valence-electron chi connectivity index (χ0n) is 13.8. The molecule has 24 heavy (non-hydrogen) atoms. The number of para-hydroxylation sites is 1. The number of hydrogen-bond donors (Lipinski definition) is 0. The van der Waals surface area contributed by atoms with Gasteiger partial charge in [-0.3, -0.25) is 9.59 Å². The van der Waals surface area contributed by atoms with E-state index in [0.717, 1.165) is 54.6 Å². The van der Waals surface area contributed by atoms with E-state index < -0.39 is 0 Å². The van der Waals surface area contributed by atoms with Crippen LogP contribution in [-0.4, -0.2) is 11.8 Å².